The average Bonchev–Trinajstić information content (AvgIpc) is 1.36. The molecule has 0 aliphatic rings. The van der Waals surface area contributed by atoms with Gasteiger partial charge < -0.3 is 5.11 Å². The molecule has 0 saturated heterocycles. The van der Waals surface area contributed by atoms with Gasteiger partial charge in [-0.05, 0) is 6.92 Å². The van der Waals surface area contributed by atoms with Crippen molar-refractivity contribution in [2.75, 3.05) is 0 Å². The zero-order valence-electron chi connectivity index (χ0n) is 3.43. The molecule has 6 heavy (non-hydrogen) atoms. The van der Waals surface area contributed by atoms with Crippen LogP contribution in [0.5, 0.6) is 0 Å². The Hall–Kier alpha value is -0.570. The molecule has 2 N–H and O–H groups in total. The fourth-order valence-corrected chi connectivity index (χ4v) is 0. The van der Waals surface area contributed by atoms with Crippen molar-refractivity contribution < 1.29 is 9.90 Å². The van der Waals surface area contributed by atoms with Crippen molar-refractivity contribution in [2.24, 2.45) is 0 Å². The van der Waals surface area contributed by atoms with Gasteiger partial charge in [0.1, 0.15) is 6.10 Å². The Morgan fingerprint density at radius 2 is 2.17 bits per heavy atom. The summed E-state index contributed by atoms with van der Waals surface area (Å²) in [5, 5.41) is 8.09. The molecule has 0 heterocycles. The van der Waals surface area contributed by atoms with Crippen molar-refractivity contribution in [3.05, 3.63) is 0 Å². The van der Waals surface area contributed by atoms with E-state index in [9.17, 15) is 4.79 Å². The maximum absolute atomic E-state index is 9.56. The molecule has 0 bridgehead atoms. The molecule has 0 rings (SSSR count). The summed E-state index contributed by atoms with van der Waals surface area (Å²) in [7, 11) is 0. The Labute approximate surface area is 35.8 Å². The molecule has 0 fully saturated rings. The number of rotatable bonds is 1. The first-order chi connectivity index (χ1) is 2.64. The van der Waals surface area contributed by atoms with E-state index < -0.39 is 12.0 Å². The fraction of sp³-hybridized carbons (Fsp3) is 0.667. The predicted octanol–water partition coefficient (Wildman–Crippen LogP) is -0.823. The van der Waals surface area contributed by atoms with Crippen LogP contribution in [-0.2, 0) is 4.79 Å². The van der Waals surface area contributed by atoms with Gasteiger partial charge in [0, 0.05) is 0 Å². The molecular weight excluding hydrogens is 82.0 g/mol. The zero-order chi connectivity index (χ0) is 5.15. The van der Waals surface area contributed by atoms with E-state index in [0.717, 1.165) is 0 Å². The molecule has 0 aromatic heterocycles. The minimum absolute atomic E-state index is 0.935. The Morgan fingerprint density at radius 3 is 2.17 bits per heavy atom. The van der Waals surface area contributed by atoms with Gasteiger partial charge in [-0.25, -0.2) is 0 Å². The van der Waals surface area contributed by atoms with E-state index in [1.54, 1.807) is 0 Å². The summed E-state index contributed by atoms with van der Waals surface area (Å²) in [6.07, 6.45) is -1.12. The highest BCUT2D eigenvalue weighted by Crippen LogP contribution is 1.72. The average molecular weight is 88.1 g/mol. The van der Waals surface area contributed by atoms with E-state index in [4.69, 9.17) is 10.8 Å². The zero-order valence-corrected chi connectivity index (χ0v) is 3.43. The minimum Gasteiger partial charge on any atom is -0.383 e. The van der Waals surface area contributed by atoms with E-state index in [-0.39, 0.29) is 0 Å². The molecule has 35 valence electrons. The van der Waals surface area contributed by atoms with Crippen LogP contribution in [0.2, 0.25) is 0 Å². The molecule has 3 nitrogen and oxygen atoms in total. The monoisotopic (exact) mass is 88.0 g/mol. The molecule has 0 aliphatic heterocycles. The number of carbonyl (C=O) groups excluding carboxylic acids is 1. The van der Waals surface area contributed by atoms with Gasteiger partial charge in [0.2, 0.25) is 0 Å². The molecule has 0 unspecified atom stereocenters. The molecule has 1 radical (unpaired) electrons. The number of carbonyl (C=O) groups is 1. The van der Waals surface area contributed by atoms with Crippen LogP contribution >= 0.6 is 0 Å². The van der Waals surface area contributed by atoms with Gasteiger partial charge in [0.25, 0.3) is 5.91 Å². The summed E-state index contributed by atoms with van der Waals surface area (Å²) in [6.45, 7) is 1.26. The third-order valence-corrected chi connectivity index (χ3v) is 0.379. The second kappa shape index (κ2) is 1.77. The SMILES string of the molecule is C[C@H](O)C([NH])=O. The molecule has 3 heteroatoms. The van der Waals surface area contributed by atoms with Crippen molar-refractivity contribution in [1.29, 1.82) is 0 Å². The van der Waals surface area contributed by atoms with Crippen molar-refractivity contribution in [2.45, 2.75) is 13.0 Å². The third-order valence-electron chi connectivity index (χ3n) is 0.379. The van der Waals surface area contributed by atoms with E-state index in [1.807, 2.05) is 0 Å². The Balaban J connectivity index is 3.26. The lowest BCUT2D eigenvalue weighted by atomic mass is 10.4. The van der Waals surface area contributed by atoms with Gasteiger partial charge in [-0.15, -0.1) is 0 Å². The maximum Gasteiger partial charge on any atom is 0.266 e. The number of hydrogen-bond donors (Lipinski definition) is 1. The van der Waals surface area contributed by atoms with Gasteiger partial charge in [-0.3, -0.25) is 10.5 Å². The molecule has 0 saturated carbocycles. The van der Waals surface area contributed by atoms with Crippen LogP contribution in [0.1, 0.15) is 6.92 Å². The van der Waals surface area contributed by atoms with Crippen LogP contribution in [0.25, 0.3) is 0 Å². The summed E-state index contributed by atoms with van der Waals surface area (Å²) >= 11 is 0. The predicted molar refractivity (Wildman–Crippen MR) is 19.8 cm³/mol. The quantitative estimate of drug-likeness (QED) is 0.455. The molecule has 0 aliphatic carbocycles. The third kappa shape index (κ3) is 1.72. The number of aliphatic hydroxyl groups excluding tert-OH is 1. The summed E-state index contributed by atoms with van der Waals surface area (Å²) in [5.41, 5.74) is 6.14. The van der Waals surface area contributed by atoms with Gasteiger partial charge in [0.05, 0.1) is 0 Å². The molecule has 1 atom stereocenters. The van der Waals surface area contributed by atoms with Gasteiger partial charge in [-0.1, -0.05) is 0 Å². The lowest BCUT2D eigenvalue weighted by molar-refractivity contribution is -0.125. The normalized spacial score (nSPS) is 13.7. The first-order valence-corrected chi connectivity index (χ1v) is 1.58. The minimum atomic E-state index is -1.12. The highest BCUT2D eigenvalue weighted by Gasteiger charge is 1.99. The highest BCUT2D eigenvalue weighted by atomic mass is 16.3. The van der Waals surface area contributed by atoms with Crippen molar-refractivity contribution in [3.63, 3.8) is 0 Å². The van der Waals surface area contributed by atoms with E-state index in [2.05, 4.69) is 0 Å². The molecule has 0 spiro atoms. The number of hydrogen-bond acceptors (Lipinski definition) is 2. The highest BCUT2D eigenvalue weighted by molar-refractivity contribution is 5.77. The summed E-state index contributed by atoms with van der Waals surface area (Å²) in [5.74, 6) is -0.935. The van der Waals surface area contributed by atoms with Crippen LogP contribution in [-0.4, -0.2) is 17.1 Å². The maximum atomic E-state index is 9.56. The standard InChI is InChI=1S/C3H6NO2/c1-2(5)3(4)6/h2,4-5H,1H3/t2-/m0/s1. The largest absolute Gasteiger partial charge is 0.383 e. The number of aliphatic hydroxyl groups is 1. The smallest absolute Gasteiger partial charge is 0.266 e. The van der Waals surface area contributed by atoms with Gasteiger partial charge >= 0.3 is 0 Å². The first-order valence-electron chi connectivity index (χ1n) is 1.58. The molecular formula is C3H6NO2. The summed E-state index contributed by atoms with van der Waals surface area (Å²) in [4.78, 5) is 9.56. The first kappa shape index (κ1) is 5.43. The molecule has 1 amide bonds. The second-order valence-corrected chi connectivity index (χ2v) is 1.04. The Bertz CT molecular complexity index is 59.8. The summed E-state index contributed by atoms with van der Waals surface area (Å²) < 4.78 is 0. The molecule has 0 aromatic rings. The lowest BCUT2D eigenvalue weighted by Gasteiger charge is -1.89. The Kier molecular flexibility index (Phi) is 1.60. The van der Waals surface area contributed by atoms with Crippen molar-refractivity contribution in [1.82, 2.24) is 5.73 Å². The van der Waals surface area contributed by atoms with Crippen LogP contribution in [0, 0.1) is 0 Å². The number of amides is 1. The van der Waals surface area contributed by atoms with Crippen molar-refractivity contribution in [3.8, 4) is 0 Å². The van der Waals surface area contributed by atoms with Crippen LogP contribution in [0.4, 0.5) is 0 Å². The second-order valence-electron chi connectivity index (χ2n) is 1.04. The van der Waals surface area contributed by atoms with Crippen LogP contribution in [0.15, 0.2) is 0 Å². The van der Waals surface area contributed by atoms with Gasteiger partial charge in [-0.2, -0.15) is 0 Å². The fourth-order valence-electron chi connectivity index (χ4n) is 0. The van der Waals surface area contributed by atoms with Gasteiger partial charge in [0.15, 0.2) is 0 Å². The molecule has 0 aromatic carbocycles. The number of nitrogens with one attached hydrogen (secondary N) is 1. The van der Waals surface area contributed by atoms with Crippen LogP contribution in [0.3, 0.4) is 0 Å². The van der Waals surface area contributed by atoms with Crippen LogP contribution < -0.4 is 5.73 Å². The van der Waals surface area contributed by atoms with Crippen molar-refractivity contribution >= 4 is 5.91 Å². The Morgan fingerprint density at radius 1 is 2.00 bits per heavy atom. The van der Waals surface area contributed by atoms with E-state index in [1.165, 1.54) is 6.92 Å². The summed E-state index contributed by atoms with van der Waals surface area (Å²) in [6, 6.07) is 0. The lowest BCUT2D eigenvalue weighted by Crippen LogP contribution is -2.15. The van der Waals surface area contributed by atoms with E-state index >= 15 is 0 Å². The topological polar surface area (TPSA) is 61.1 Å². The van der Waals surface area contributed by atoms with E-state index in [0.29, 0.717) is 0 Å².